The molecule has 0 aliphatic heterocycles. The molecule has 2 nitrogen and oxygen atoms in total. The minimum Gasteiger partial charge on any atom is -0.296 e. The van der Waals surface area contributed by atoms with Crippen molar-refractivity contribution in [3.8, 4) is 0 Å². The lowest BCUT2D eigenvalue weighted by Gasteiger charge is -2.05. The van der Waals surface area contributed by atoms with E-state index in [4.69, 9.17) is 11.6 Å². The van der Waals surface area contributed by atoms with Crippen molar-refractivity contribution in [3.05, 3.63) is 53.2 Å². The lowest BCUT2D eigenvalue weighted by Crippen LogP contribution is -1.91. The molecule has 0 aliphatic rings. The number of para-hydroxylation sites is 1. The van der Waals surface area contributed by atoms with E-state index in [1.165, 1.54) is 0 Å². The number of aldehydes is 1. The van der Waals surface area contributed by atoms with Crippen LogP contribution in [0, 0.1) is 0 Å². The molecule has 0 saturated heterocycles. The monoisotopic (exact) mass is 241 g/mol. The average Bonchev–Trinajstić information content (AvgIpc) is 2.37. The Kier molecular flexibility index (Phi) is 2.30. The Morgan fingerprint density at radius 3 is 2.65 bits per heavy atom. The highest BCUT2D eigenvalue weighted by Gasteiger charge is 2.07. The van der Waals surface area contributed by atoms with Crippen LogP contribution >= 0.6 is 11.6 Å². The van der Waals surface area contributed by atoms with E-state index < -0.39 is 0 Å². The summed E-state index contributed by atoms with van der Waals surface area (Å²) in [7, 11) is 0. The van der Waals surface area contributed by atoms with Crippen molar-refractivity contribution in [1.82, 2.24) is 4.98 Å². The van der Waals surface area contributed by atoms with E-state index in [1.54, 1.807) is 6.07 Å². The number of fused-ring (bicyclic) bond motifs is 3. The van der Waals surface area contributed by atoms with E-state index in [-0.39, 0.29) is 0 Å². The quantitative estimate of drug-likeness (QED) is 0.478. The highest BCUT2D eigenvalue weighted by molar-refractivity contribution is 6.31. The molecule has 2 aromatic carbocycles. The van der Waals surface area contributed by atoms with Gasteiger partial charge in [-0.3, -0.25) is 4.79 Å². The second-order valence-corrected chi connectivity index (χ2v) is 4.26. The molecule has 3 rings (SSSR count). The summed E-state index contributed by atoms with van der Waals surface area (Å²) in [6.07, 6.45) is 0.769. The van der Waals surface area contributed by atoms with E-state index in [2.05, 4.69) is 4.98 Å². The van der Waals surface area contributed by atoms with Crippen LogP contribution in [-0.2, 0) is 0 Å². The van der Waals surface area contributed by atoms with Crippen LogP contribution in [0.2, 0.25) is 5.02 Å². The van der Waals surface area contributed by atoms with Crippen molar-refractivity contribution < 1.29 is 4.79 Å². The number of nitrogens with zero attached hydrogens (tertiary/aromatic N) is 1. The van der Waals surface area contributed by atoms with Crippen LogP contribution in [-0.4, -0.2) is 11.3 Å². The molecule has 0 radical (unpaired) electrons. The molecule has 0 N–H and O–H groups in total. The summed E-state index contributed by atoms with van der Waals surface area (Å²) in [6.45, 7) is 0. The Balaban J connectivity index is 2.59. The Hall–Kier alpha value is -1.93. The molecule has 0 unspecified atom stereocenters. The zero-order valence-corrected chi connectivity index (χ0v) is 9.61. The number of hydrogen-bond donors (Lipinski definition) is 0. The van der Waals surface area contributed by atoms with Gasteiger partial charge in [0.1, 0.15) is 5.69 Å². The Morgan fingerprint density at radius 2 is 1.82 bits per heavy atom. The van der Waals surface area contributed by atoms with Gasteiger partial charge >= 0.3 is 0 Å². The van der Waals surface area contributed by atoms with Crippen molar-refractivity contribution >= 4 is 39.6 Å². The van der Waals surface area contributed by atoms with Gasteiger partial charge in [-0.2, -0.15) is 0 Å². The summed E-state index contributed by atoms with van der Waals surface area (Å²) in [5, 5.41) is 3.44. The molecule has 3 heteroatoms. The molecule has 1 heterocycles. The van der Waals surface area contributed by atoms with Gasteiger partial charge in [-0.05, 0) is 23.6 Å². The van der Waals surface area contributed by atoms with Gasteiger partial charge in [-0.15, -0.1) is 0 Å². The number of aromatic nitrogens is 1. The van der Waals surface area contributed by atoms with Gasteiger partial charge in [0.2, 0.25) is 0 Å². The zero-order chi connectivity index (χ0) is 11.8. The van der Waals surface area contributed by atoms with Gasteiger partial charge in [0.15, 0.2) is 6.29 Å². The van der Waals surface area contributed by atoms with Crippen molar-refractivity contribution in [2.45, 2.75) is 0 Å². The normalized spacial score (nSPS) is 10.9. The van der Waals surface area contributed by atoms with Crippen LogP contribution in [0.1, 0.15) is 10.5 Å². The predicted molar refractivity (Wildman–Crippen MR) is 69.6 cm³/mol. The molecule has 82 valence electrons. The van der Waals surface area contributed by atoms with Crippen molar-refractivity contribution in [2.24, 2.45) is 0 Å². The zero-order valence-electron chi connectivity index (χ0n) is 8.85. The summed E-state index contributed by atoms with van der Waals surface area (Å²) >= 11 is 5.96. The second kappa shape index (κ2) is 3.82. The fraction of sp³-hybridized carbons (Fsp3) is 0. The van der Waals surface area contributed by atoms with Gasteiger partial charge in [0, 0.05) is 15.8 Å². The van der Waals surface area contributed by atoms with Crippen LogP contribution in [0.5, 0.6) is 0 Å². The molecular weight excluding hydrogens is 234 g/mol. The number of pyridine rings is 1. The summed E-state index contributed by atoms with van der Waals surface area (Å²) < 4.78 is 0. The fourth-order valence-corrected chi connectivity index (χ4v) is 2.21. The lowest BCUT2D eigenvalue weighted by atomic mass is 10.0. The first kappa shape index (κ1) is 10.2. The maximum absolute atomic E-state index is 11.1. The Morgan fingerprint density at radius 1 is 1.00 bits per heavy atom. The maximum atomic E-state index is 11.1. The topological polar surface area (TPSA) is 30.0 Å². The predicted octanol–water partition coefficient (Wildman–Crippen LogP) is 3.85. The number of halogens is 1. The van der Waals surface area contributed by atoms with E-state index in [0.29, 0.717) is 10.7 Å². The minimum absolute atomic E-state index is 0.432. The van der Waals surface area contributed by atoms with E-state index >= 15 is 0 Å². The molecule has 3 aromatic rings. The van der Waals surface area contributed by atoms with Gasteiger partial charge in [0.25, 0.3) is 0 Å². The van der Waals surface area contributed by atoms with Crippen LogP contribution in [0.3, 0.4) is 0 Å². The van der Waals surface area contributed by atoms with Crippen LogP contribution in [0.4, 0.5) is 0 Å². The van der Waals surface area contributed by atoms with Crippen LogP contribution in [0.25, 0.3) is 21.7 Å². The number of hydrogen-bond acceptors (Lipinski definition) is 2. The standard InChI is InChI=1S/C14H8ClNO/c15-9-5-6-10-11-3-1-2-4-13(11)16-14(8-17)12(10)7-9/h1-8H. The Bertz CT molecular complexity index is 737. The third-order valence-electron chi connectivity index (χ3n) is 2.80. The number of carbonyl (C=O) groups is 1. The van der Waals surface area contributed by atoms with E-state index in [1.807, 2.05) is 36.4 Å². The summed E-state index contributed by atoms with van der Waals surface area (Å²) in [5.74, 6) is 0. The smallest absolute Gasteiger partial charge is 0.169 e. The number of benzene rings is 2. The first-order valence-corrected chi connectivity index (χ1v) is 5.60. The van der Waals surface area contributed by atoms with Gasteiger partial charge in [0.05, 0.1) is 5.52 Å². The fourth-order valence-electron chi connectivity index (χ4n) is 2.04. The SMILES string of the molecule is O=Cc1nc2ccccc2c2ccc(Cl)cc12. The van der Waals surface area contributed by atoms with Gasteiger partial charge < -0.3 is 0 Å². The molecule has 0 amide bonds. The molecule has 0 bridgehead atoms. The average molecular weight is 242 g/mol. The molecule has 0 atom stereocenters. The molecule has 1 aromatic heterocycles. The lowest BCUT2D eigenvalue weighted by molar-refractivity contribution is 0.112. The third-order valence-corrected chi connectivity index (χ3v) is 3.04. The van der Waals surface area contributed by atoms with Crippen molar-refractivity contribution in [3.63, 3.8) is 0 Å². The summed E-state index contributed by atoms with van der Waals surface area (Å²) in [6, 6.07) is 13.3. The largest absolute Gasteiger partial charge is 0.296 e. The highest BCUT2D eigenvalue weighted by atomic mass is 35.5. The minimum atomic E-state index is 0.432. The van der Waals surface area contributed by atoms with Gasteiger partial charge in [-0.1, -0.05) is 35.9 Å². The highest BCUT2D eigenvalue weighted by Crippen LogP contribution is 2.27. The second-order valence-electron chi connectivity index (χ2n) is 3.82. The van der Waals surface area contributed by atoms with Gasteiger partial charge in [-0.25, -0.2) is 4.98 Å². The molecule has 0 spiro atoms. The van der Waals surface area contributed by atoms with E-state index in [9.17, 15) is 4.79 Å². The van der Waals surface area contributed by atoms with Crippen molar-refractivity contribution in [1.29, 1.82) is 0 Å². The van der Waals surface area contributed by atoms with Crippen molar-refractivity contribution in [2.75, 3.05) is 0 Å². The molecule has 0 fully saturated rings. The summed E-state index contributed by atoms with van der Waals surface area (Å²) in [4.78, 5) is 15.4. The number of carbonyl (C=O) groups excluding carboxylic acids is 1. The summed E-state index contributed by atoms with van der Waals surface area (Å²) in [5.41, 5.74) is 1.26. The molecule has 0 saturated carbocycles. The van der Waals surface area contributed by atoms with Crippen LogP contribution < -0.4 is 0 Å². The number of rotatable bonds is 1. The first-order chi connectivity index (χ1) is 8.29. The van der Waals surface area contributed by atoms with Crippen LogP contribution in [0.15, 0.2) is 42.5 Å². The Labute approximate surface area is 103 Å². The third kappa shape index (κ3) is 1.58. The maximum Gasteiger partial charge on any atom is 0.169 e. The molecule has 17 heavy (non-hydrogen) atoms. The van der Waals surface area contributed by atoms with E-state index in [0.717, 1.165) is 28.0 Å². The molecular formula is C14H8ClNO. The molecule has 0 aliphatic carbocycles. The first-order valence-electron chi connectivity index (χ1n) is 5.23.